The zero-order chi connectivity index (χ0) is 20.4. The number of nitrogens with one attached hydrogen (secondary N) is 1. The van der Waals surface area contributed by atoms with Gasteiger partial charge in [0.25, 0.3) is 5.91 Å². The summed E-state index contributed by atoms with van der Waals surface area (Å²) in [5, 5.41) is 7.13. The van der Waals surface area contributed by atoms with Crippen molar-refractivity contribution in [2.24, 2.45) is 12.8 Å². The molecule has 3 aromatic rings. The van der Waals surface area contributed by atoms with E-state index in [-0.39, 0.29) is 11.7 Å². The van der Waals surface area contributed by atoms with Crippen molar-refractivity contribution in [1.82, 2.24) is 19.7 Å². The van der Waals surface area contributed by atoms with Crippen molar-refractivity contribution in [2.75, 3.05) is 23.3 Å². The van der Waals surface area contributed by atoms with E-state index in [0.29, 0.717) is 23.5 Å². The number of anilines is 2. The minimum Gasteiger partial charge on any atom is -0.354 e. The third-order valence-electron chi connectivity index (χ3n) is 4.93. The number of nitrogens with zero attached hydrogens (tertiary/aromatic N) is 5. The fraction of sp³-hybridized carbons (Fsp3) is 0.300. The highest BCUT2D eigenvalue weighted by Crippen LogP contribution is 2.28. The summed E-state index contributed by atoms with van der Waals surface area (Å²) in [6.07, 6.45) is 6.35. The van der Waals surface area contributed by atoms with Gasteiger partial charge in [-0.3, -0.25) is 14.5 Å². The topological polar surface area (TPSA) is 102 Å². The minimum atomic E-state index is -0.439. The third-order valence-corrected chi connectivity index (χ3v) is 4.93. The van der Waals surface area contributed by atoms with Crippen LogP contribution in [0.25, 0.3) is 11.3 Å². The molecule has 1 aliphatic heterocycles. The second kappa shape index (κ2) is 7.96. The van der Waals surface area contributed by atoms with E-state index in [1.54, 1.807) is 29.1 Å². The number of carbonyl (C=O) groups excluding carboxylic acids is 1. The molecule has 1 amide bonds. The van der Waals surface area contributed by atoms with Crippen LogP contribution >= 0.6 is 0 Å². The average molecular weight is 395 g/mol. The van der Waals surface area contributed by atoms with Gasteiger partial charge >= 0.3 is 0 Å². The Morgan fingerprint density at radius 3 is 2.90 bits per heavy atom. The lowest BCUT2D eigenvalue weighted by Gasteiger charge is -2.32. The lowest BCUT2D eigenvalue weighted by Crippen LogP contribution is -2.43. The molecule has 150 valence electrons. The van der Waals surface area contributed by atoms with Crippen molar-refractivity contribution in [3.05, 3.63) is 54.4 Å². The van der Waals surface area contributed by atoms with E-state index >= 15 is 0 Å². The van der Waals surface area contributed by atoms with Crippen LogP contribution in [0.2, 0.25) is 0 Å². The first-order valence-corrected chi connectivity index (χ1v) is 9.44. The SMILES string of the molecule is Cn1ncc(NC(=O)c2cncc(-c3ccccc3F)n2)c1N1CCCC(N)C1. The van der Waals surface area contributed by atoms with E-state index in [9.17, 15) is 9.18 Å². The van der Waals surface area contributed by atoms with Gasteiger partial charge in [0, 0.05) is 31.7 Å². The summed E-state index contributed by atoms with van der Waals surface area (Å²) >= 11 is 0. The summed E-state index contributed by atoms with van der Waals surface area (Å²) in [5.74, 6) is -0.0618. The zero-order valence-electron chi connectivity index (χ0n) is 16.0. The molecular weight excluding hydrogens is 373 g/mol. The van der Waals surface area contributed by atoms with E-state index in [1.807, 2.05) is 7.05 Å². The molecule has 3 heterocycles. The Kier molecular flexibility index (Phi) is 5.22. The van der Waals surface area contributed by atoms with Crippen molar-refractivity contribution in [3.8, 4) is 11.3 Å². The summed E-state index contributed by atoms with van der Waals surface area (Å²) in [7, 11) is 1.82. The highest BCUT2D eigenvalue weighted by atomic mass is 19.1. The van der Waals surface area contributed by atoms with Gasteiger partial charge in [0.15, 0.2) is 5.82 Å². The fourth-order valence-electron chi connectivity index (χ4n) is 3.56. The molecule has 0 spiro atoms. The van der Waals surface area contributed by atoms with Crippen LogP contribution in [0.1, 0.15) is 23.3 Å². The maximum atomic E-state index is 14.1. The minimum absolute atomic E-state index is 0.0884. The molecule has 1 aliphatic rings. The van der Waals surface area contributed by atoms with E-state index in [0.717, 1.165) is 25.2 Å². The van der Waals surface area contributed by atoms with Crippen LogP contribution < -0.4 is 16.0 Å². The van der Waals surface area contributed by atoms with Crippen LogP contribution in [-0.2, 0) is 7.05 Å². The van der Waals surface area contributed by atoms with Gasteiger partial charge in [0.2, 0.25) is 0 Å². The van der Waals surface area contributed by atoms with Gasteiger partial charge in [-0.1, -0.05) is 12.1 Å². The number of nitrogens with two attached hydrogens (primary N) is 1. The number of rotatable bonds is 4. The molecule has 1 unspecified atom stereocenters. The Morgan fingerprint density at radius 1 is 1.28 bits per heavy atom. The van der Waals surface area contributed by atoms with Crippen LogP contribution in [0, 0.1) is 5.82 Å². The molecule has 8 nitrogen and oxygen atoms in total. The van der Waals surface area contributed by atoms with Crippen molar-refractivity contribution in [2.45, 2.75) is 18.9 Å². The summed E-state index contributed by atoms with van der Waals surface area (Å²) in [4.78, 5) is 23.3. The summed E-state index contributed by atoms with van der Waals surface area (Å²) in [6, 6.07) is 6.33. The molecule has 0 bridgehead atoms. The van der Waals surface area contributed by atoms with E-state index < -0.39 is 11.7 Å². The molecule has 2 aromatic heterocycles. The molecule has 0 saturated carbocycles. The van der Waals surface area contributed by atoms with E-state index in [2.05, 4.69) is 25.3 Å². The van der Waals surface area contributed by atoms with Gasteiger partial charge in [0.05, 0.1) is 24.3 Å². The number of aryl methyl sites for hydroxylation is 1. The summed E-state index contributed by atoms with van der Waals surface area (Å²) in [5.41, 5.74) is 7.35. The highest BCUT2D eigenvalue weighted by Gasteiger charge is 2.24. The molecule has 0 aliphatic carbocycles. The quantitative estimate of drug-likeness (QED) is 0.702. The maximum Gasteiger partial charge on any atom is 0.276 e. The largest absolute Gasteiger partial charge is 0.354 e. The number of carbonyl (C=O) groups is 1. The Morgan fingerprint density at radius 2 is 2.10 bits per heavy atom. The maximum absolute atomic E-state index is 14.1. The summed E-state index contributed by atoms with van der Waals surface area (Å²) < 4.78 is 15.8. The first-order valence-electron chi connectivity index (χ1n) is 9.44. The van der Waals surface area contributed by atoms with Gasteiger partial charge in [-0.15, -0.1) is 0 Å². The number of piperidine rings is 1. The van der Waals surface area contributed by atoms with Crippen molar-refractivity contribution >= 4 is 17.4 Å². The number of aromatic nitrogens is 4. The number of halogens is 1. The smallest absolute Gasteiger partial charge is 0.276 e. The predicted molar refractivity (Wildman–Crippen MR) is 108 cm³/mol. The van der Waals surface area contributed by atoms with Crippen LogP contribution in [0.15, 0.2) is 42.9 Å². The number of hydrogen-bond acceptors (Lipinski definition) is 6. The molecule has 3 N–H and O–H groups in total. The second-order valence-corrected chi connectivity index (χ2v) is 7.08. The van der Waals surface area contributed by atoms with Crippen molar-refractivity contribution in [3.63, 3.8) is 0 Å². The Balaban J connectivity index is 1.58. The fourth-order valence-corrected chi connectivity index (χ4v) is 3.56. The van der Waals surface area contributed by atoms with Crippen LogP contribution in [-0.4, -0.2) is 44.8 Å². The Hall–Kier alpha value is -3.33. The molecule has 1 atom stereocenters. The molecule has 1 fully saturated rings. The van der Waals surface area contributed by atoms with Crippen molar-refractivity contribution in [1.29, 1.82) is 0 Å². The van der Waals surface area contributed by atoms with Crippen LogP contribution in [0.4, 0.5) is 15.9 Å². The number of hydrogen-bond donors (Lipinski definition) is 2. The zero-order valence-corrected chi connectivity index (χ0v) is 16.0. The molecule has 1 aromatic carbocycles. The first kappa shape index (κ1) is 19.0. The van der Waals surface area contributed by atoms with Gasteiger partial charge < -0.3 is 16.0 Å². The molecule has 0 radical (unpaired) electrons. The average Bonchev–Trinajstić information content (AvgIpc) is 3.08. The second-order valence-electron chi connectivity index (χ2n) is 7.08. The van der Waals surface area contributed by atoms with E-state index in [4.69, 9.17) is 5.73 Å². The van der Waals surface area contributed by atoms with Gasteiger partial charge in [0.1, 0.15) is 17.2 Å². The number of benzene rings is 1. The Labute approximate surface area is 167 Å². The standard InChI is InChI=1S/C20H22FN7O/c1-27-20(28-8-4-5-13(22)12-28)18(11-24-27)26-19(29)17-10-23-9-16(25-17)14-6-2-3-7-15(14)21/h2-3,6-7,9-11,13H,4-5,8,12,22H2,1H3,(H,26,29). The first-order chi connectivity index (χ1) is 14.0. The lowest BCUT2D eigenvalue weighted by molar-refractivity contribution is 0.102. The van der Waals surface area contributed by atoms with Gasteiger partial charge in [-0.05, 0) is 25.0 Å². The Bertz CT molecular complexity index is 1040. The number of amides is 1. The molecular formula is C20H22FN7O. The normalized spacial score (nSPS) is 16.7. The molecule has 29 heavy (non-hydrogen) atoms. The van der Waals surface area contributed by atoms with Gasteiger partial charge in [-0.2, -0.15) is 5.10 Å². The third kappa shape index (κ3) is 3.95. The molecule has 9 heteroatoms. The van der Waals surface area contributed by atoms with Crippen molar-refractivity contribution < 1.29 is 9.18 Å². The van der Waals surface area contributed by atoms with Crippen LogP contribution in [0.3, 0.4) is 0 Å². The predicted octanol–water partition coefficient (Wildman–Crippen LogP) is 2.20. The summed E-state index contributed by atoms with van der Waals surface area (Å²) in [6.45, 7) is 1.55. The van der Waals surface area contributed by atoms with Gasteiger partial charge in [-0.25, -0.2) is 9.37 Å². The lowest BCUT2D eigenvalue weighted by atomic mass is 10.1. The monoisotopic (exact) mass is 395 g/mol. The van der Waals surface area contributed by atoms with E-state index in [1.165, 1.54) is 18.5 Å². The molecule has 1 saturated heterocycles. The van der Waals surface area contributed by atoms with Crippen LogP contribution in [0.5, 0.6) is 0 Å². The molecule has 4 rings (SSSR count). The highest BCUT2D eigenvalue weighted by molar-refractivity contribution is 6.04.